The van der Waals surface area contributed by atoms with Crippen molar-refractivity contribution in [1.82, 2.24) is 0 Å². The van der Waals surface area contributed by atoms with E-state index in [1.165, 1.54) is 161 Å². The maximum Gasteiger partial charge on any atom is 0.306 e. The highest BCUT2D eigenvalue weighted by Gasteiger charge is 2.16. The summed E-state index contributed by atoms with van der Waals surface area (Å²) in [4.78, 5) is 24.6. The van der Waals surface area contributed by atoms with Crippen molar-refractivity contribution in [3.63, 3.8) is 0 Å². The van der Waals surface area contributed by atoms with Gasteiger partial charge in [0.1, 0.15) is 6.61 Å². The third-order valence-corrected chi connectivity index (χ3v) is 13.6. The second-order valence-corrected chi connectivity index (χ2v) is 20.8. The van der Waals surface area contributed by atoms with E-state index in [4.69, 9.17) is 9.47 Å². The predicted molar refractivity (Wildman–Crippen MR) is 325 cm³/mol. The van der Waals surface area contributed by atoms with E-state index in [9.17, 15) is 14.7 Å². The highest BCUT2D eigenvalue weighted by molar-refractivity contribution is 5.70. The Morgan fingerprint density at radius 1 is 0.324 bits per heavy atom. The van der Waals surface area contributed by atoms with E-state index >= 15 is 0 Å². The number of ether oxygens (including phenoxy) is 2. The first-order valence-corrected chi connectivity index (χ1v) is 31.4. The minimum atomic E-state index is -0.790. The van der Waals surface area contributed by atoms with Crippen molar-refractivity contribution in [2.24, 2.45) is 0 Å². The Bertz CT molecular complexity index is 1440. The molecule has 0 saturated carbocycles. The van der Waals surface area contributed by atoms with Crippen molar-refractivity contribution < 1.29 is 24.2 Å². The molecule has 0 aromatic carbocycles. The minimum Gasteiger partial charge on any atom is -0.462 e. The van der Waals surface area contributed by atoms with Crippen LogP contribution in [0.2, 0.25) is 0 Å². The van der Waals surface area contributed by atoms with Gasteiger partial charge in [-0.2, -0.15) is 0 Å². The van der Waals surface area contributed by atoms with Crippen molar-refractivity contribution in [3.8, 4) is 0 Å². The fourth-order valence-electron chi connectivity index (χ4n) is 8.86. The van der Waals surface area contributed by atoms with Crippen LogP contribution in [0.15, 0.2) is 109 Å². The monoisotopic (exact) mass is 1030 g/mol. The van der Waals surface area contributed by atoms with Crippen molar-refractivity contribution in [1.29, 1.82) is 0 Å². The summed E-state index contributed by atoms with van der Waals surface area (Å²) in [6.07, 6.45) is 92.3. The van der Waals surface area contributed by atoms with E-state index in [1.54, 1.807) is 0 Å². The Morgan fingerprint density at radius 3 is 0.878 bits per heavy atom. The maximum absolute atomic E-state index is 12.3. The summed E-state index contributed by atoms with van der Waals surface area (Å²) in [5.74, 6) is -0.609. The summed E-state index contributed by atoms with van der Waals surface area (Å²) >= 11 is 0. The molecule has 74 heavy (non-hydrogen) atoms. The van der Waals surface area contributed by atoms with Gasteiger partial charge in [0.2, 0.25) is 0 Å². The van der Waals surface area contributed by atoms with E-state index in [-0.39, 0.29) is 25.2 Å². The number of carbonyl (C=O) groups is 2. The molecule has 0 rings (SSSR count). The Labute approximate surface area is 459 Å². The Hall–Kier alpha value is -3.44. The first kappa shape index (κ1) is 70.6. The van der Waals surface area contributed by atoms with E-state index < -0.39 is 6.10 Å². The molecule has 5 heteroatoms. The van der Waals surface area contributed by atoms with Crippen LogP contribution in [0.3, 0.4) is 0 Å². The van der Waals surface area contributed by atoms with Crippen molar-refractivity contribution in [3.05, 3.63) is 109 Å². The van der Waals surface area contributed by atoms with Gasteiger partial charge < -0.3 is 14.6 Å². The largest absolute Gasteiger partial charge is 0.462 e. The Morgan fingerprint density at radius 2 is 0.581 bits per heavy atom. The van der Waals surface area contributed by atoms with Crippen molar-refractivity contribution in [2.75, 3.05) is 13.2 Å². The summed E-state index contributed by atoms with van der Waals surface area (Å²) < 4.78 is 10.7. The molecule has 0 spiro atoms. The molecule has 0 radical (unpaired) electrons. The van der Waals surface area contributed by atoms with Gasteiger partial charge in [-0.25, -0.2) is 0 Å². The van der Waals surface area contributed by atoms with E-state index in [0.29, 0.717) is 12.8 Å². The molecule has 1 unspecified atom stereocenters. The molecule has 0 aliphatic carbocycles. The molecule has 0 fully saturated rings. The number of hydrogen-bond donors (Lipinski definition) is 1. The van der Waals surface area contributed by atoms with Crippen LogP contribution < -0.4 is 0 Å². The van der Waals surface area contributed by atoms with Crippen LogP contribution in [0, 0.1) is 0 Å². The minimum absolute atomic E-state index is 0.0775. The van der Waals surface area contributed by atoms with Gasteiger partial charge in [-0.15, -0.1) is 0 Å². The molecule has 0 heterocycles. The zero-order valence-corrected chi connectivity index (χ0v) is 48.6. The Balaban J connectivity index is 3.51. The topological polar surface area (TPSA) is 72.8 Å². The molecule has 5 nitrogen and oxygen atoms in total. The number of esters is 2. The standard InChI is InChI=1S/C69H118O5/c1-3-5-7-9-11-13-15-17-19-21-23-25-27-29-31-32-33-34-35-36-38-39-41-43-45-47-49-51-53-55-57-59-61-63-68(71)73-66-67(65-70)74-69(72)64-62-60-58-56-54-52-50-48-46-44-42-40-37-30-28-26-24-22-20-18-16-14-12-10-8-6-4-2/h6,8,12,14-15,17-18,20-21,23-24,26,30,37,42,44,48,50,67,70H,3-5,7,9-11,13,16,19,22,25,27-29,31-36,38-41,43,45-47,49,51-66H2,1-2H3/b8-6-,14-12-,17-15-,20-18-,23-21-,26-24-,37-30-,44-42-,50-48-. The van der Waals surface area contributed by atoms with E-state index in [0.717, 1.165) is 109 Å². The predicted octanol–water partition coefficient (Wildman–Crippen LogP) is 21.6. The third kappa shape index (κ3) is 61.1. The summed E-state index contributed by atoms with van der Waals surface area (Å²) in [5, 5.41) is 9.67. The van der Waals surface area contributed by atoms with Crippen LogP contribution in [-0.4, -0.2) is 36.4 Å². The van der Waals surface area contributed by atoms with Crippen LogP contribution in [-0.2, 0) is 19.1 Å². The second-order valence-electron chi connectivity index (χ2n) is 20.8. The molecule has 424 valence electrons. The van der Waals surface area contributed by atoms with E-state index in [1.807, 2.05) is 0 Å². The molecule has 0 saturated heterocycles. The smallest absolute Gasteiger partial charge is 0.306 e. The van der Waals surface area contributed by atoms with Gasteiger partial charge in [-0.3, -0.25) is 9.59 Å². The molecule has 0 amide bonds. The average Bonchev–Trinajstić information content (AvgIpc) is 3.40. The molecule has 0 aromatic heterocycles. The van der Waals surface area contributed by atoms with Gasteiger partial charge in [0, 0.05) is 12.8 Å². The number of aliphatic hydroxyl groups excluding tert-OH is 1. The van der Waals surface area contributed by atoms with Crippen LogP contribution in [0.1, 0.15) is 296 Å². The number of unbranched alkanes of at least 4 members (excludes halogenated alkanes) is 31. The van der Waals surface area contributed by atoms with Gasteiger partial charge in [0.15, 0.2) is 6.10 Å². The summed E-state index contributed by atoms with van der Waals surface area (Å²) in [5.41, 5.74) is 0. The zero-order chi connectivity index (χ0) is 53.4. The lowest BCUT2D eigenvalue weighted by Gasteiger charge is -2.15. The maximum atomic E-state index is 12.3. The lowest BCUT2D eigenvalue weighted by Crippen LogP contribution is -2.28. The molecular formula is C69H118O5. The molecule has 0 aliphatic heterocycles. The van der Waals surface area contributed by atoms with Crippen LogP contribution in [0.5, 0.6) is 0 Å². The van der Waals surface area contributed by atoms with Gasteiger partial charge in [0.05, 0.1) is 6.61 Å². The molecule has 1 atom stereocenters. The SMILES string of the molecule is CC/C=C\C/C=C\C/C=C\C/C=C\C/C=C\C/C=C\C/C=C\CCCCCCCC(=O)OC(CO)COC(=O)CCCCCCCCCCCCCCCCCCCCCCC/C=C\C/C=C\CCCCCCC. The first-order valence-electron chi connectivity index (χ1n) is 31.4. The van der Waals surface area contributed by atoms with Crippen LogP contribution in [0.25, 0.3) is 0 Å². The quantitative estimate of drug-likeness (QED) is 0.0373. The number of rotatable bonds is 57. The van der Waals surface area contributed by atoms with Gasteiger partial charge in [0.25, 0.3) is 0 Å². The average molecular weight is 1030 g/mol. The second kappa shape index (κ2) is 63.8. The first-order chi connectivity index (χ1) is 36.6. The lowest BCUT2D eigenvalue weighted by molar-refractivity contribution is -0.161. The van der Waals surface area contributed by atoms with Crippen molar-refractivity contribution in [2.45, 2.75) is 302 Å². The van der Waals surface area contributed by atoms with E-state index in [2.05, 4.69) is 123 Å². The lowest BCUT2D eigenvalue weighted by atomic mass is 10.0. The molecule has 0 aliphatic rings. The van der Waals surface area contributed by atoms with Gasteiger partial charge in [-0.1, -0.05) is 290 Å². The molecular weight excluding hydrogens is 909 g/mol. The molecule has 1 N–H and O–H groups in total. The van der Waals surface area contributed by atoms with Gasteiger partial charge in [-0.05, 0) is 103 Å². The summed E-state index contributed by atoms with van der Waals surface area (Å²) in [6, 6.07) is 0. The molecule has 0 aromatic rings. The van der Waals surface area contributed by atoms with Crippen LogP contribution >= 0.6 is 0 Å². The van der Waals surface area contributed by atoms with Crippen molar-refractivity contribution >= 4 is 11.9 Å². The van der Waals surface area contributed by atoms with Crippen LogP contribution in [0.4, 0.5) is 0 Å². The highest BCUT2D eigenvalue weighted by atomic mass is 16.6. The highest BCUT2D eigenvalue weighted by Crippen LogP contribution is 2.17. The fourth-order valence-corrected chi connectivity index (χ4v) is 8.86. The zero-order valence-electron chi connectivity index (χ0n) is 48.6. The number of allylic oxidation sites excluding steroid dienone is 18. The summed E-state index contributed by atoms with van der Waals surface area (Å²) in [6.45, 7) is 4.02. The summed E-state index contributed by atoms with van der Waals surface area (Å²) in [7, 11) is 0. The number of carbonyl (C=O) groups excluding carboxylic acids is 2. The van der Waals surface area contributed by atoms with Gasteiger partial charge >= 0.3 is 11.9 Å². The Kier molecular flexibility index (Phi) is 60.9. The molecule has 0 bridgehead atoms. The number of aliphatic hydroxyl groups is 1. The fraction of sp³-hybridized carbons (Fsp3) is 0.710. The number of hydrogen-bond acceptors (Lipinski definition) is 5. The normalized spacial score (nSPS) is 13.0. The third-order valence-electron chi connectivity index (χ3n) is 13.6.